The van der Waals surface area contributed by atoms with Gasteiger partial charge in [0.2, 0.25) is 5.28 Å². The van der Waals surface area contributed by atoms with Gasteiger partial charge in [0.05, 0.1) is 11.4 Å². The summed E-state index contributed by atoms with van der Waals surface area (Å²) in [7, 11) is 0. The molecule has 0 aromatic carbocycles. The molecule has 2 fully saturated rings. The molecule has 23 heavy (non-hydrogen) atoms. The Bertz CT molecular complexity index is 773. The summed E-state index contributed by atoms with van der Waals surface area (Å²) in [5, 5.41) is 0.0663. The van der Waals surface area contributed by atoms with Crippen LogP contribution in [0.3, 0.4) is 0 Å². The average molecular weight is 359 g/mol. The zero-order valence-corrected chi connectivity index (χ0v) is 13.7. The molecule has 0 unspecified atom stereocenters. The third kappa shape index (κ3) is 2.52. The fourth-order valence-electron chi connectivity index (χ4n) is 3.49. The quantitative estimate of drug-likeness (QED) is 0.566. The number of hydrogen-bond donors (Lipinski definition) is 0. The van der Waals surface area contributed by atoms with E-state index in [4.69, 9.17) is 23.2 Å². The van der Waals surface area contributed by atoms with Gasteiger partial charge in [0, 0.05) is 18.7 Å². The molecule has 0 bridgehead atoms. The summed E-state index contributed by atoms with van der Waals surface area (Å²) in [5.74, 6) is -0.268. The molecule has 1 aliphatic heterocycles. The Morgan fingerprint density at radius 2 is 2.00 bits per heavy atom. The predicted molar refractivity (Wildman–Crippen MR) is 85.3 cm³/mol. The van der Waals surface area contributed by atoms with Crippen molar-refractivity contribution in [1.29, 1.82) is 0 Å². The summed E-state index contributed by atoms with van der Waals surface area (Å²) < 4.78 is 28.4. The molecular weight excluding hydrogens is 345 g/mol. The van der Waals surface area contributed by atoms with Gasteiger partial charge in [-0.3, -0.25) is 0 Å². The molecule has 0 amide bonds. The van der Waals surface area contributed by atoms with Crippen molar-refractivity contribution in [2.24, 2.45) is 5.92 Å². The Morgan fingerprint density at radius 1 is 1.17 bits per heavy atom. The van der Waals surface area contributed by atoms with Gasteiger partial charge >= 0.3 is 0 Å². The Hall–Kier alpha value is -1.27. The first-order valence-corrected chi connectivity index (χ1v) is 8.41. The van der Waals surface area contributed by atoms with E-state index in [9.17, 15) is 8.78 Å². The van der Waals surface area contributed by atoms with Crippen molar-refractivity contribution < 1.29 is 8.78 Å². The summed E-state index contributed by atoms with van der Waals surface area (Å²) in [6.07, 6.45) is 4.45. The minimum atomic E-state index is -0.873. The van der Waals surface area contributed by atoms with Gasteiger partial charge in [0.15, 0.2) is 11.0 Å². The van der Waals surface area contributed by atoms with Crippen LogP contribution in [0.4, 0.5) is 14.6 Å². The van der Waals surface area contributed by atoms with Gasteiger partial charge in [0.25, 0.3) is 0 Å². The van der Waals surface area contributed by atoms with Crippen LogP contribution < -0.4 is 4.90 Å². The summed E-state index contributed by atoms with van der Waals surface area (Å²) in [4.78, 5) is 13.9. The van der Waals surface area contributed by atoms with Crippen LogP contribution in [0, 0.1) is 11.7 Å². The molecule has 8 heteroatoms. The molecule has 2 aromatic rings. The number of alkyl halides is 1. The summed E-state index contributed by atoms with van der Waals surface area (Å²) in [6, 6.07) is -0.219. The Kier molecular flexibility index (Phi) is 3.76. The van der Waals surface area contributed by atoms with Crippen LogP contribution in [-0.4, -0.2) is 33.7 Å². The van der Waals surface area contributed by atoms with Crippen LogP contribution in [-0.2, 0) is 0 Å². The van der Waals surface area contributed by atoms with Gasteiger partial charge in [0.1, 0.15) is 17.5 Å². The molecule has 1 aliphatic carbocycles. The maximum atomic E-state index is 14.2. The van der Waals surface area contributed by atoms with Gasteiger partial charge in [-0.1, -0.05) is 24.4 Å². The highest BCUT2D eigenvalue weighted by Gasteiger charge is 2.55. The van der Waals surface area contributed by atoms with Gasteiger partial charge in [-0.25, -0.2) is 18.7 Å². The number of fused-ring (bicyclic) bond motifs is 2. The van der Waals surface area contributed by atoms with Crippen LogP contribution in [0.15, 0.2) is 6.20 Å². The van der Waals surface area contributed by atoms with Crippen LogP contribution in [0.25, 0.3) is 10.9 Å². The van der Waals surface area contributed by atoms with E-state index in [2.05, 4.69) is 15.0 Å². The van der Waals surface area contributed by atoms with Crippen molar-refractivity contribution in [1.82, 2.24) is 15.0 Å². The number of anilines is 1. The molecule has 1 saturated heterocycles. The third-order valence-corrected chi connectivity index (χ3v) is 5.13. The highest BCUT2D eigenvalue weighted by Crippen LogP contribution is 2.46. The van der Waals surface area contributed by atoms with Gasteiger partial charge in [-0.2, -0.15) is 4.98 Å². The largest absolute Gasteiger partial charge is 0.350 e. The second-order valence-electron chi connectivity index (χ2n) is 6.08. The van der Waals surface area contributed by atoms with Crippen molar-refractivity contribution in [3.05, 3.63) is 22.5 Å². The lowest BCUT2D eigenvalue weighted by Gasteiger charge is -2.26. The lowest BCUT2D eigenvalue weighted by atomic mass is 10.1. The van der Waals surface area contributed by atoms with Crippen LogP contribution in [0.2, 0.25) is 10.4 Å². The lowest BCUT2D eigenvalue weighted by molar-refractivity contribution is 0.430. The van der Waals surface area contributed by atoms with Crippen LogP contribution in [0.1, 0.15) is 25.7 Å². The highest BCUT2D eigenvalue weighted by atomic mass is 35.5. The van der Waals surface area contributed by atoms with E-state index >= 15 is 0 Å². The number of aromatic nitrogens is 3. The fourth-order valence-corrected chi connectivity index (χ4v) is 3.80. The zero-order valence-electron chi connectivity index (χ0n) is 12.1. The van der Waals surface area contributed by atoms with E-state index in [0.717, 1.165) is 25.7 Å². The van der Waals surface area contributed by atoms with Gasteiger partial charge in [-0.15, -0.1) is 0 Å². The van der Waals surface area contributed by atoms with E-state index in [1.807, 2.05) is 4.90 Å². The van der Waals surface area contributed by atoms with E-state index in [1.54, 1.807) is 0 Å². The van der Waals surface area contributed by atoms with Gasteiger partial charge < -0.3 is 4.90 Å². The van der Waals surface area contributed by atoms with E-state index < -0.39 is 12.0 Å². The van der Waals surface area contributed by atoms with Gasteiger partial charge in [-0.05, 0) is 24.4 Å². The Morgan fingerprint density at radius 3 is 2.83 bits per heavy atom. The molecule has 122 valence electrons. The molecule has 0 N–H and O–H groups in total. The molecule has 1 saturated carbocycles. The molecule has 2 aliphatic rings. The molecule has 4 nitrogen and oxygen atoms in total. The number of pyridine rings is 1. The molecule has 3 atom stereocenters. The minimum Gasteiger partial charge on any atom is -0.350 e. The summed E-state index contributed by atoms with van der Waals surface area (Å²) in [5.41, 5.74) is 0.0228. The molecular formula is C15H14Cl2F2N4. The normalized spacial score (nSPS) is 27.5. The molecule has 3 heterocycles. The number of hydrogen-bond acceptors (Lipinski definition) is 4. The Labute approximate surface area is 141 Å². The molecule has 4 rings (SSSR count). The number of nitrogens with zero attached hydrogens (tertiary/aromatic N) is 4. The highest BCUT2D eigenvalue weighted by molar-refractivity contribution is 6.30. The van der Waals surface area contributed by atoms with Crippen molar-refractivity contribution in [2.75, 3.05) is 11.4 Å². The number of halogens is 4. The number of rotatable bonds is 1. The zero-order chi connectivity index (χ0) is 16.1. The first-order valence-electron chi connectivity index (χ1n) is 7.66. The molecule has 0 radical (unpaired) electrons. The Balaban J connectivity index is 1.86. The van der Waals surface area contributed by atoms with Crippen molar-refractivity contribution in [3.8, 4) is 0 Å². The van der Waals surface area contributed by atoms with Crippen LogP contribution in [0.5, 0.6) is 0 Å². The van der Waals surface area contributed by atoms with E-state index in [-0.39, 0.29) is 27.9 Å². The first kappa shape index (κ1) is 15.3. The molecule has 0 spiro atoms. The summed E-state index contributed by atoms with van der Waals surface area (Å²) in [6.45, 7) is 0.661. The second kappa shape index (κ2) is 5.67. The monoisotopic (exact) mass is 358 g/mol. The van der Waals surface area contributed by atoms with Crippen molar-refractivity contribution in [2.45, 2.75) is 37.9 Å². The fraction of sp³-hybridized carbons (Fsp3) is 0.533. The molecule has 2 aromatic heterocycles. The second-order valence-corrected chi connectivity index (χ2v) is 6.78. The predicted octanol–water partition coefficient (Wildman–Crippen LogP) is 4.19. The maximum Gasteiger partial charge on any atom is 0.225 e. The van der Waals surface area contributed by atoms with E-state index in [0.29, 0.717) is 17.7 Å². The maximum absolute atomic E-state index is 14.2. The van der Waals surface area contributed by atoms with Crippen LogP contribution >= 0.6 is 23.2 Å². The topological polar surface area (TPSA) is 41.9 Å². The third-order valence-electron chi connectivity index (χ3n) is 4.70. The lowest BCUT2D eigenvalue weighted by Crippen LogP contribution is -2.31. The summed E-state index contributed by atoms with van der Waals surface area (Å²) >= 11 is 11.7. The van der Waals surface area contributed by atoms with Crippen molar-refractivity contribution >= 4 is 39.9 Å². The van der Waals surface area contributed by atoms with Crippen molar-refractivity contribution in [3.63, 3.8) is 0 Å². The SMILES string of the molecule is Fc1c(Cl)ncc2c(N3CCCCC[C@H]4[C@@H](F)[C@H]43)nc(Cl)nc12. The standard InChI is InChI=1S/C15H14Cl2F2N4/c16-13-10(19)11-8(6-20-13)14(22-15(17)21-11)23-5-3-1-2-4-7-9(18)12(7)23/h6-7,9,12H,1-5H2/t7-,9+,12-/m0/s1. The van der Waals surface area contributed by atoms with E-state index in [1.165, 1.54) is 6.20 Å². The smallest absolute Gasteiger partial charge is 0.225 e. The average Bonchev–Trinajstić information content (AvgIpc) is 3.11. The first-order chi connectivity index (χ1) is 11.1. The minimum absolute atomic E-state index is 0.0178.